The molecule has 0 spiro atoms. The Morgan fingerprint density at radius 3 is 0.688 bits per heavy atom. The first-order valence-electron chi connectivity index (χ1n) is 15.6. The summed E-state index contributed by atoms with van der Waals surface area (Å²) < 4.78 is 0. The Bertz CT molecular complexity index is 306. The molecule has 0 aromatic carbocycles. The zero-order chi connectivity index (χ0) is 23.6. The van der Waals surface area contributed by atoms with Crippen molar-refractivity contribution in [3.05, 3.63) is 0 Å². The molecule has 0 aliphatic heterocycles. The smallest absolute Gasteiger partial charge is 0.0594 e. The van der Waals surface area contributed by atoms with Gasteiger partial charge in [-0.3, -0.25) is 0 Å². The minimum atomic E-state index is -0.694. The van der Waals surface area contributed by atoms with E-state index in [1.807, 2.05) is 0 Å². The van der Waals surface area contributed by atoms with Gasteiger partial charge in [0.15, 0.2) is 0 Å². The van der Waals surface area contributed by atoms with Crippen LogP contribution in [0.2, 0.25) is 0 Å². The molecular formula is C31H66P+. The fraction of sp³-hybridized carbons (Fsp3) is 1.00. The molecule has 0 aromatic heterocycles. The van der Waals surface area contributed by atoms with Gasteiger partial charge in [-0.15, -0.1) is 0 Å². The lowest BCUT2D eigenvalue weighted by molar-refractivity contribution is 0.554. The van der Waals surface area contributed by atoms with Crippen molar-refractivity contribution < 1.29 is 0 Å². The van der Waals surface area contributed by atoms with Gasteiger partial charge in [0.25, 0.3) is 0 Å². The maximum Gasteiger partial charge on any atom is 0.0594 e. The van der Waals surface area contributed by atoms with E-state index in [0.29, 0.717) is 0 Å². The molecule has 0 amide bonds. The molecule has 0 rings (SSSR count). The molecule has 0 saturated heterocycles. The predicted molar refractivity (Wildman–Crippen MR) is 155 cm³/mol. The third kappa shape index (κ3) is 21.0. The molecule has 0 saturated carbocycles. The van der Waals surface area contributed by atoms with Crippen LogP contribution < -0.4 is 0 Å². The van der Waals surface area contributed by atoms with Crippen molar-refractivity contribution in [3.8, 4) is 0 Å². The minimum Gasteiger partial charge on any atom is -0.0654 e. The highest BCUT2D eigenvalue weighted by Gasteiger charge is 2.34. The van der Waals surface area contributed by atoms with E-state index in [2.05, 4.69) is 27.7 Å². The zero-order valence-corrected chi connectivity index (χ0v) is 24.4. The summed E-state index contributed by atoms with van der Waals surface area (Å²) in [6.45, 7) is 9.41. The molecule has 194 valence electrons. The van der Waals surface area contributed by atoms with Gasteiger partial charge in [0, 0.05) is 7.26 Å². The van der Waals surface area contributed by atoms with Crippen LogP contribution in [-0.2, 0) is 0 Å². The first-order chi connectivity index (χ1) is 15.7. The second-order valence-corrected chi connectivity index (χ2v) is 15.4. The van der Waals surface area contributed by atoms with Gasteiger partial charge >= 0.3 is 0 Å². The van der Waals surface area contributed by atoms with Crippen LogP contribution in [0.15, 0.2) is 0 Å². The van der Waals surface area contributed by atoms with Crippen LogP contribution in [0.1, 0.15) is 175 Å². The summed E-state index contributed by atoms with van der Waals surface area (Å²) in [6, 6.07) is 0. The molecule has 0 unspecified atom stereocenters. The van der Waals surface area contributed by atoms with Crippen LogP contribution in [0.25, 0.3) is 0 Å². The van der Waals surface area contributed by atoms with E-state index in [0.717, 1.165) is 0 Å². The van der Waals surface area contributed by atoms with E-state index in [4.69, 9.17) is 0 Å². The Morgan fingerprint density at radius 1 is 0.250 bits per heavy atom. The molecule has 1 heteroatoms. The topological polar surface area (TPSA) is 0 Å². The maximum atomic E-state index is 2.36. The van der Waals surface area contributed by atoms with Crippen LogP contribution in [-0.4, -0.2) is 24.6 Å². The molecule has 0 atom stereocenters. The number of hydrogen-bond acceptors (Lipinski definition) is 0. The van der Waals surface area contributed by atoms with E-state index >= 15 is 0 Å². The number of unbranched alkanes of at least 4 members (excludes halogenated alkanes) is 19. The highest BCUT2D eigenvalue weighted by Crippen LogP contribution is 2.61. The van der Waals surface area contributed by atoms with Crippen LogP contribution in [0, 0.1) is 0 Å². The average Bonchev–Trinajstić information content (AvgIpc) is 2.81. The van der Waals surface area contributed by atoms with Crippen LogP contribution >= 0.6 is 7.26 Å². The molecular weight excluding hydrogens is 403 g/mol. The molecule has 0 heterocycles. The Kier molecular flexibility index (Phi) is 26.4. The number of hydrogen-bond donors (Lipinski definition) is 0. The lowest BCUT2D eigenvalue weighted by atomic mass is 10.1. The Hall–Kier alpha value is 0.430. The van der Waals surface area contributed by atoms with E-state index in [-0.39, 0.29) is 0 Å². The largest absolute Gasteiger partial charge is 0.0654 e. The van der Waals surface area contributed by atoms with E-state index in [9.17, 15) is 0 Å². The lowest BCUT2D eigenvalue weighted by Gasteiger charge is -2.28. The summed E-state index contributed by atoms with van der Waals surface area (Å²) >= 11 is 0. The summed E-state index contributed by atoms with van der Waals surface area (Å²) in [7, 11) is -0.694. The van der Waals surface area contributed by atoms with Crippen molar-refractivity contribution in [2.24, 2.45) is 0 Å². The zero-order valence-electron chi connectivity index (χ0n) is 23.5. The minimum absolute atomic E-state index is 0.694. The molecule has 0 N–H and O–H groups in total. The Labute approximate surface area is 207 Å². The lowest BCUT2D eigenvalue weighted by Crippen LogP contribution is -2.13. The van der Waals surface area contributed by atoms with Crippen LogP contribution in [0.4, 0.5) is 0 Å². The molecule has 0 nitrogen and oxygen atoms in total. The van der Waals surface area contributed by atoms with Crippen molar-refractivity contribution in [1.82, 2.24) is 0 Å². The quantitative estimate of drug-likeness (QED) is 0.0828. The second kappa shape index (κ2) is 26.0. The molecule has 0 aromatic rings. The van der Waals surface area contributed by atoms with Crippen molar-refractivity contribution >= 4 is 7.26 Å². The van der Waals surface area contributed by atoms with Crippen molar-refractivity contribution in [2.45, 2.75) is 175 Å². The maximum absolute atomic E-state index is 2.36. The van der Waals surface area contributed by atoms with Gasteiger partial charge in [0.05, 0.1) is 24.6 Å². The fourth-order valence-corrected chi connectivity index (χ4v) is 10.3. The summed E-state index contributed by atoms with van der Waals surface area (Å²) in [6.07, 6.45) is 40.6. The molecule has 0 aliphatic carbocycles. The molecule has 0 fully saturated rings. The van der Waals surface area contributed by atoms with E-state index in [1.165, 1.54) is 122 Å². The summed E-state index contributed by atoms with van der Waals surface area (Å²) in [5.41, 5.74) is 0. The van der Waals surface area contributed by atoms with Gasteiger partial charge in [0.1, 0.15) is 0 Å². The summed E-state index contributed by atoms with van der Waals surface area (Å²) in [5.74, 6) is 0. The van der Waals surface area contributed by atoms with Crippen LogP contribution in [0.5, 0.6) is 0 Å². The average molecular weight is 470 g/mol. The van der Waals surface area contributed by atoms with Gasteiger partial charge in [-0.05, 0) is 51.4 Å². The second-order valence-electron chi connectivity index (χ2n) is 11.0. The SMILES string of the molecule is CCCCCCCCCCCCC[P+](CCCCCC)(CCCCCC)CCCCCC. The Balaban J connectivity index is 4.39. The van der Waals surface area contributed by atoms with Crippen molar-refractivity contribution in [3.63, 3.8) is 0 Å². The third-order valence-electron chi connectivity index (χ3n) is 7.69. The molecule has 0 bridgehead atoms. The molecule has 0 radical (unpaired) electrons. The van der Waals surface area contributed by atoms with Gasteiger partial charge in [-0.25, -0.2) is 0 Å². The monoisotopic (exact) mass is 469 g/mol. The first-order valence-corrected chi connectivity index (χ1v) is 18.1. The molecule has 32 heavy (non-hydrogen) atoms. The van der Waals surface area contributed by atoms with E-state index < -0.39 is 7.26 Å². The molecule has 0 aliphatic rings. The van der Waals surface area contributed by atoms with Crippen LogP contribution in [0.3, 0.4) is 0 Å². The summed E-state index contributed by atoms with van der Waals surface area (Å²) in [4.78, 5) is 0. The fourth-order valence-electron chi connectivity index (χ4n) is 5.40. The summed E-state index contributed by atoms with van der Waals surface area (Å²) in [5, 5.41) is 0. The van der Waals surface area contributed by atoms with Gasteiger partial charge in [-0.1, -0.05) is 124 Å². The third-order valence-corrected chi connectivity index (χ3v) is 12.8. The van der Waals surface area contributed by atoms with Gasteiger partial charge in [-0.2, -0.15) is 0 Å². The first kappa shape index (κ1) is 32.4. The van der Waals surface area contributed by atoms with E-state index in [1.54, 1.807) is 50.3 Å². The standard InChI is InChI=1S/C31H66P/c1-5-9-13-17-18-19-20-21-22-23-27-31-32(28-24-14-10-6-2,29-25-15-11-7-3)30-26-16-12-8-4/h5-31H2,1-4H3/q+1. The van der Waals surface area contributed by atoms with Crippen molar-refractivity contribution in [2.75, 3.05) is 24.6 Å². The Morgan fingerprint density at radius 2 is 0.438 bits per heavy atom. The van der Waals surface area contributed by atoms with Crippen molar-refractivity contribution in [1.29, 1.82) is 0 Å². The number of rotatable bonds is 27. The predicted octanol–water partition coefficient (Wildman–Crippen LogP) is 12.1. The normalized spacial score (nSPS) is 12.0. The highest BCUT2D eigenvalue weighted by molar-refractivity contribution is 7.75. The van der Waals surface area contributed by atoms with Gasteiger partial charge in [0.2, 0.25) is 0 Å². The highest BCUT2D eigenvalue weighted by atomic mass is 31.2. The van der Waals surface area contributed by atoms with Gasteiger partial charge < -0.3 is 0 Å².